The SMILES string of the molecule is O=C1Cc2cc(NS(=O)(=O)/C=C/c3ccccc3)c(Cl)cc2N1. The molecule has 0 spiro atoms. The van der Waals surface area contributed by atoms with Crippen LogP contribution in [0.2, 0.25) is 5.02 Å². The molecule has 0 aromatic heterocycles. The number of carbonyl (C=O) groups is 1. The van der Waals surface area contributed by atoms with Crippen LogP contribution in [0.4, 0.5) is 11.4 Å². The molecule has 7 heteroatoms. The zero-order chi connectivity index (χ0) is 16.4. The van der Waals surface area contributed by atoms with Gasteiger partial charge in [-0.3, -0.25) is 9.52 Å². The number of rotatable bonds is 4. The van der Waals surface area contributed by atoms with Crippen LogP contribution in [0.1, 0.15) is 11.1 Å². The molecule has 0 saturated carbocycles. The van der Waals surface area contributed by atoms with E-state index in [0.717, 1.165) is 11.0 Å². The first-order chi connectivity index (χ1) is 10.9. The van der Waals surface area contributed by atoms with Gasteiger partial charge in [0, 0.05) is 5.69 Å². The number of anilines is 2. The molecule has 0 fully saturated rings. The summed E-state index contributed by atoms with van der Waals surface area (Å²) < 4.78 is 26.7. The first kappa shape index (κ1) is 15.6. The number of nitrogens with one attached hydrogen (secondary N) is 2. The van der Waals surface area contributed by atoms with Gasteiger partial charge in [0.2, 0.25) is 5.91 Å². The van der Waals surface area contributed by atoms with Gasteiger partial charge in [0.05, 0.1) is 22.5 Å². The van der Waals surface area contributed by atoms with Crippen molar-refractivity contribution in [2.24, 2.45) is 0 Å². The van der Waals surface area contributed by atoms with Crippen LogP contribution in [-0.2, 0) is 21.2 Å². The standard InChI is InChI=1S/C16H13ClN2O3S/c17-13-10-14-12(9-16(20)18-14)8-15(13)19-23(21,22)7-6-11-4-2-1-3-5-11/h1-8,10,19H,9H2,(H,18,20)/b7-6+. The van der Waals surface area contributed by atoms with E-state index in [4.69, 9.17) is 11.6 Å². The van der Waals surface area contributed by atoms with Gasteiger partial charge in [-0.05, 0) is 29.3 Å². The third-order valence-electron chi connectivity index (χ3n) is 3.31. The smallest absolute Gasteiger partial charge is 0.255 e. The third-order valence-corrected chi connectivity index (χ3v) is 4.62. The molecule has 118 valence electrons. The average molecular weight is 349 g/mol. The van der Waals surface area contributed by atoms with Crippen molar-refractivity contribution in [2.75, 3.05) is 10.0 Å². The Labute approximate surface area is 139 Å². The summed E-state index contributed by atoms with van der Waals surface area (Å²) in [5.41, 5.74) is 2.35. The van der Waals surface area contributed by atoms with Crippen molar-refractivity contribution in [1.29, 1.82) is 0 Å². The summed E-state index contributed by atoms with van der Waals surface area (Å²) in [6.45, 7) is 0. The maximum atomic E-state index is 12.2. The summed E-state index contributed by atoms with van der Waals surface area (Å²) in [6, 6.07) is 12.2. The van der Waals surface area contributed by atoms with Crippen molar-refractivity contribution in [3.8, 4) is 0 Å². The molecular formula is C16H13ClN2O3S. The predicted octanol–water partition coefficient (Wildman–Crippen LogP) is 3.25. The highest BCUT2D eigenvalue weighted by Crippen LogP contribution is 2.33. The summed E-state index contributed by atoms with van der Waals surface area (Å²) in [7, 11) is -3.71. The zero-order valence-corrected chi connectivity index (χ0v) is 13.5. The molecular weight excluding hydrogens is 336 g/mol. The van der Waals surface area contributed by atoms with Crippen molar-refractivity contribution in [3.63, 3.8) is 0 Å². The van der Waals surface area contributed by atoms with Gasteiger partial charge < -0.3 is 5.32 Å². The molecule has 3 rings (SSSR count). The molecule has 2 aromatic carbocycles. The van der Waals surface area contributed by atoms with Crippen molar-refractivity contribution in [1.82, 2.24) is 0 Å². The van der Waals surface area contributed by atoms with Gasteiger partial charge in [0.15, 0.2) is 0 Å². The van der Waals surface area contributed by atoms with E-state index in [-0.39, 0.29) is 23.0 Å². The van der Waals surface area contributed by atoms with Crippen molar-refractivity contribution < 1.29 is 13.2 Å². The molecule has 0 saturated heterocycles. The van der Waals surface area contributed by atoms with Gasteiger partial charge in [0.25, 0.3) is 10.0 Å². The fourth-order valence-corrected chi connectivity index (χ4v) is 3.39. The Hall–Kier alpha value is -2.31. The molecule has 2 N–H and O–H groups in total. The molecule has 1 amide bonds. The van der Waals surface area contributed by atoms with Crippen LogP contribution in [0.15, 0.2) is 47.9 Å². The fourth-order valence-electron chi connectivity index (χ4n) is 2.25. The third kappa shape index (κ3) is 3.72. The first-order valence-electron chi connectivity index (χ1n) is 6.81. The van der Waals surface area contributed by atoms with Crippen molar-refractivity contribution in [3.05, 3.63) is 64.0 Å². The number of halogens is 1. The van der Waals surface area contributed by atoms with Gasteiger partial charge in [-0.25, -0.2) is 8.42 Å². The minimum Gasteiger partial charge on any atom is -0.325 e. The number of hydrogen-bond acceptors (Lipinski definition) is 3. The Morgan fingerprint density at radius 2 is 1.91 bits per heavy atom. The molecule has 0 bridgehead atoms. The topological polar surface area (TPSA) is 75.3 Å². The normalized spacial score (nSPS) is 13.9. The van der Waals surface area contributed by atoms with Gasteiger partial charge in [-0.15, -0.1) is 0 Å². The second kappa shape index (κ2) is 6.06. The van der Waals surface area contributed by atoms with Crippen LogP contribution in [0.5, 0.6) is 0 Å². The van der Waals surface area contributed by atoms with Crippen LogP contribution in [-0.4, -0.2) is 14.3 Å². The number of fused-ring (bicyclic) bond motifs is 1. The van der Waals surface area contributed by atoms with Crippen molar-refractivity contribution >= 4 is 45.0 Å². The highest BCUT2D eigenvalue weighted by atomic mass is 35.5. The molecule has 0 unspecified atom stereocenters. The Kier molecular flexibility index (Phi) is 4.11. The van der Waals surface area contributed by atoms with Gasteiger partial charge in [0.1, 0.15) is 0 Å². The first-order valence-corrected chi connectivity index (χ1v) is 8.74. The van der Waals surface area contributed by atoms with Gasteiger partial charge in [-0.2, -0.15) is 0 Å². The van der Waals surface area contributed by atoms with E-state index in [9.17, 15) is 13.2 Å². The van der Waals surface area contributed by atoms with E-state index in [1.807, 2.05) is 18.2 Å². The molecule has 2 aromatic rings. The minimum atomic E-state index is -3.71. The summed E-state index contributed by atoms with van der Waals surface area (Å²) in [6.07, 6.45) is 1.70. The number of hydrogen-bond donors (Lipinski definition) is 2. The minimum absolute atomic E-state index is 0.139. The average Bonchev–Trinajstić information content (AvgIpc) is 2.85. The second-order valence-corrected chi connectivity index (χ2v) is 7.05. The summed E-state index contributed by atoms with van der Waals surface area (Å²) >= 11 is 6.08. The van der Waals surface area contributed by atoms with E-state index in [2.05, 4.69) is 10.0 Å². The molecule has 0 radical (unpaired) electrons. The van der Waals surface area contributed by atoms with Crippen LogP contribution >= 0.6 is 11.6 Å². The van der Waals surface area contributed by atoms with E-state index >= 15 is 0 Å². The molecule has 23 heavy (non-hydrogen) atoms. The van der Waals surface area contributed by atoms with Crippen LogP contribution in [0.25, 0.3) is 6.08 Å². The molecule has 0 aliphatic carbocycles. The Morgan fingerprint density at radius 3 is 2.65 bits per heavy atom. The fraction of sp³-hybridized carbons (Fsp3) is 0.0625. The Balaban J connectivity index is 1.83. The number of sulfonamides is 1. The van der Waals surface area contributed by atoms with Crippen LogP contribution in [0.3, 0.4) is 0 Å². The molecule has 5 nitrogen and oxygen atoms in total. The van der Waals surface area contributed by atoms with Gasteiger partial charge in [-0.1, -0.05) is 41.9 Å². The van der Waals surface area contributed by atoms with Crippen molar-refractivity contribution in [2.45, 2.75) is 6.42 Å². The lowest BCUT2D eigenvalue weighted by Gasteiger charge is -2.09. The van der Waals surface area contributed by atoms with Crippen LogP contribution in [0, 0.1) is 0 Å². The van der Waals surface area contributed by atoms with E-state index in [1.54, 1.807) is 24.3 Å². The lowest BCUT2D eigenvalue weighted by Crippen LogP contribution is -2.09. The largest absolute Gasteiger partial charge is 0.325 e. The monoisotopic (exact) mass is 348 g/mol. The maximum absolute atomic E-state index is 12.2. The quantitative estimate of drug-likeness (QED) is 0.890. The maximum Gasteiger partial charge on any atom is 0.255 e. The van der Waals surface area contributed by atoms with E-state index in [0.29, 0.717) is 11.3 Å². The lowest BCUT2D eigenvalue weighted by atomic mass is 10.1. The van der Waals surface area contributed by atoms with Crippen LogP contribution < -0.4 is 10.0 Å². The molecule has 1 aliphatic heterocycles. The molecule has 1 heterocycles. The van der Waals surface area contributed by atoms with E-state index < -0.39 is 10.0 Å². The lowest BCUT2D eigenvalue weighted by molar-refractivity contribution is -0.115. The molecule has 1 aliphatic rings. The Morgan fingerprint density at radius 1 is 1.17 bits per heavy atom. The van der Waals surface area contributed by atoms with Gasteiger partial charge >= 0.3 is 0 Å². The summed E-state index contributed by atoms with van der Waals surface area (Å²) in [4.78, 5) is 11.4. The second-order valence-electron chi connectivity index (χ2n) is 5.07. The number of amides is 1. The summed E-state index contributed by atoms with van der Waals surface area (Å²) in [5, 5.41) is 3.96. The zero-order valence-electron chi connectivity index (χ0n) is 11.9. The highest BCUT2D eigenvalue weighted by Gasteiger charge is 2.20. The summed E-state index contributed by atoms with van der Waals surface area (Å²) in [5.74, 6) is -0.139. The number of benzene rings is 2. The number of carbonyl (C=O) groups excluding carboxylic acids is 1. The van der Waals surface area contributed by atoms with E-state index in [1.165, 1.54) is 6.08 Å². The Bertz CT molecular complexity index is 893. The predicted molar refractivity (Wildman–Crippen MR) is 91.8 cm³/mol. The highest BCUT2D eigenvalue weighted by molar-refractivity contribution is 7.95. The molecule has 0 atom stereocenters.